The molecule has 1 heterocycles. The molecule has 0 unspecified atom stereocenters. The summed E-state index contributed by atoms with van der Waals surface area (Å²) in [5.41, 5.74) is 0. The van der Waals surface area contributed by atoms with Gasteiger partial charge in [-0.1, -0.05) is 0 Å². The fraction of sp³-hybridized carbons (Fsp3) is 0.545. The molecule has 0 atom stereocenters. The quantitative estimate of drug-likeness (QED) is 0.815. The Morgan fingerprint density at radius 2 is 2.31 bits per heavy atom. The number of amides is 1. The highest BCUT2D eigenvalue weighted by molar-refractivity contribution is 9.10. The van der Waals surface area contributed by atoms with Crippen molar-refractivity contribution in [1.29, 1.82) is 0 Å². The predicted octanol–water partition coefficient (Wildman–Crippen LogP) is 2.00. The molecule has 0 bridgehead atoms. The maximum Gasteiger partial charge on any atom is 0.222 e. The van der Waals surface area contributed by atoms with Crippen LogP contribution in [0.5, 0.6) is 0 Å². The molecule has 1 rings (SSSR count). The minimum absolute atomic E-state index is 0.141. The molecule has 1 aromatic heterocycles. The van der Waals surface area contributed by atoms with Gasteiger partial charge >= 0.3 is 0 Å². The lowest BCUT2D eigenvalue weighted by molar-refractivity contribution is -0.130. The summed E-state index contributed by atoms with van der Waals surface area (Å²) in [5.74, 6) is 0.930. The average molecular weight is 289 g/mol. The predicted molar refractivity (Wildman–Crippen MR) is 66.0 cm³/mol. The van der Waals surface area contributed by atoms with Crippen molar-refractivity contribution in [3.63, 3.8) is 0 Å². The van der Waals surface area contributed by atoms with E-state index < -0.39 is 0 Å². The third-order valence-electron chi connectivity index (χ3n) is 2.27. The first-order valence-corrected chi connectivity index (χ1v) is 6.05. The number of nitrogens with zero attached hydrogens (tertiary/aromatic N) is 1. The van der Waals surface area contributed by atoms with Gasteiger partial charge < -0.3 is 14.6 Å². The van der Waals surface area contributed by atoms with Gasteiger partial charge in [-0.15, -0.1) is 0 Å². The van der Waals surface area contributed by atoms with Crippen molar-refractivity contribution in [3.05, 3.63) is 22.6 Å². The maximum atomic E-state index is 11.7. The summed E-state index contributed by atoms with van der Waals surface area (Å²) in [4.78, 5) is 13.4. The van der Waals surface area contributed by atoms with E-state index in [9.17, 15) is 4.79 Å². The molecule has 0 radical (unpaired) electrons. The molecule has 0 saturated carbocycles. The average Bonchev–Trinajstić information content (AvgIpc) is 2.64. The number of hydrogen-bond donors (Lipinski definition) is 1. The summed E-state index contributed by atoms with van der Waals surface area (Å²) in [6.45, 7) is 1.38. The SMILES string of the molecule is CNCCCC(=O)N(C)Cc1ccc(Br)o1. The van der Waals surface area contributed by atoms with Crippen LogP contribution in [-0.4, -0.2) is 31.4 Å². The zero-order chi connectivity index (χ0) is 12.0. The van der Waals surface area contributed by atoms with E-state index in [1.807, 2.05) is 19.2 Å². The van der Waals surface area contributed by atoms with Gasteiger partial charge in [-0.3, -0.25) is 4.79 Å². The number of carbonyl (C=O) groups excluding carboxylic acids is 1. The maximum absolute atomic E-state index is 11.7. The first-order valence-electron chi connectivity index (χ1n) is 5.26. The Morgan fingerprint density at radius 1 is 1.56 bits per heavy atom. The van der Waals surface area contributed by atoms with Gasteiger partial charge in [-0.05, 0) is 48.1 Å². The minimum Gasteiger partial charge on any atom is -0.452 e. The van der Waals surface area contributed by atoms with Crippen LogP contribution in [0.4, 0.5) is 0 Å². The van der Waals surface area contributed by atoms with Gasteiger partial charge in [0, 0.05) is 13.5 Å². The highest BCUT2D eigenvalue weighted by Gasteiger charge is 2.10. The monoisotopic (exact) mass is 288 g/mol. The molecule has 0 aliphatic carbocycles. The van der Waals surface area contributed by atoms with Crippen molar-refractivity contribution in [2.45, 2.75) is 19.4 Å². The Hall–Kier alpha value is -0.810. The summed E-state index contributed by atoms with van der Waals surface area (Å²) in [6, 6.07) is 3.69. The van der Waals surface area contributed by atoms with Crippen LogP contribution in [0.1, 0.15) is 18.6 Å². The van der Waals surface area contributed by atoms with Gasteiger partial charge in [0.25, 0.3) is 0 Å². The number of nitrogens with one attached hydrogen (secondary N) is 1. The summed E-state index contributed by atoms with van der Waals surface area (Å²) in [5, 5.41) is 3.02. The number of hydrogen-bond acceptors (Lipinski definition) is 3. The Labute approximate surface area is 104 Å². The van der Waals surface area contributed by atoms with Crippen LogP contribution in [0, 0.1) is 0 Å². The van der Waals surface area contributed by atoms with E-state index in [-0.39, 0.29) is 5.91 Å². The molecule has 0 aliphatic heterocycles. The third-order valence-corrected chi connectivity index (χ3v) is 2.69. The Balaban J connectivity index is 2.34. The number of halogens is 1. The fourth-order valence-corrected chi connectivity index (χ4v) is 1.71. The molecular weight excluding hydrogens is 272 g/mol. The number of rotatable bonds is 6. The number of furan rings is 1. The van der Waals surface area contributed by atoms with E-state index in [0.29, 0.717) is 17.6 Å². The van der Waals surface area contributed by atoms with Crippen molar-refractivity contribution in [1.82, 2.24) is 10.2 Å². The van der Waals surface area contributed by atoms with Crippen LogP contribution >= 0.6 is 15.9 Å². The van der Waals surface area contributed by atoms with E-state index in [1.165, 1.54) is 0 Å². The normalized spacial score (nSPS) is 10.4. The molecule has 0 fully saturated rings. The lowest BCUT2D eigenvalue weighted by Crippen LogP contribution is -2.26. The Morgan fingerprint density at radius 3 is 2.88 bits per heavy atom. The van der Waals surface area contributed by atoms with E-state index in [0.717, 1.165) is 18.7 Å². The van der Waals surface area contributed by atoms with Gasteiger partial charge in [0.05, 0.1) is 6.54 Å². The molecule has 0 spiro atoms. The van der Waals surface area contributed by atoms with Crippen LogP contribution < -0.4 is 5.32 Å². The second-order valence-corrected chi connectivity index (χ2v) is 4.44. The molecule has 0 aromatic carbocycles. The summed E-state index contributed by atoms with van der Waals surface area (Å²) >= 11 is 3.23. The molecule has 5 heteroatoms. The highest BCUT2D eigenvalue weighted by Crippen LogP contribution is 2.15. The molecule has 0 saturated heterocycles. The van der Waals surface area contributed by atoms with E-state index in [4.69, 9.17) is 4.42 Å². The molecule has 1 N–H and O–H groups in total. The molecular formula is C11H17BrN2O2. The Bertz CT molecular complexity index is 338. The van der Waals surface area contributed by atoms with Crippen molar-refractivity contribution < 1.29 is 9.21 Å². The van der Waals surface area contributed by atoms with Crippen LogP contribution in [-0.2, 0) is 11.3 Å². The third kappa shape index (κ3) is 4.37. The van der Waals surface area contributed by atoms with Gasteiger partial charge in [-0.25, -0.2) is 0 Å². The van der Waals surface area contributed by atoms with E-state index in [1.54, 1.807) is 11.9 Å². The van der Waals surface area contributed by atoms with Gasteiger partial charge in [0.15, 0.2) is 4.67 Å². The lowest BCUT2D eigenvalue weighted by atomic mass is 10.2. The van der Waals surface area contributed by atoms with Crippen LogP contribution in [0.3, 0.4) is 0 Å². The smallest absolute Gasteiger partial charge is 0.222 e. The molecule has 1 aromatic rings. The lowest BCUT2D eigenvalue weighted by Gasteiger charge is -2.15. The largest absolute Gasteiger partial charge is 0.452 e. The van der Waals surface area contributed by atoms with Crippen molar-refractivity contribution >= 4 is 21.8 Å². The summed E-state index contributed by atoms with van der Waals surface area (Å²) < 4.78 is 6.03. The minimum atomic E-state index is 0.141. The van der Waals surface area contributed by atoms with E-state index in [2.05, 4.69) is 21.2 Å². The van der Waals surface area contributed by atoms with Crippen molar-refractivity contribution in [2.75, 3.05) is 20.6 Å². The molecule has 1 amide bonds. The first kappa shape index (κ1) is 13.3. The van der Waals surface area contributed by atoms with Gasteiger partial charge in [0.1, 0.15) is 5.76 Å². The van der Waals surface area contributed by atoms with Gasteiger partial charge in [0.2, 0.25) is 5.91 Å². The molecule has 4 nitrogen and oxygen atoms in total. The van der Waals surface area contributed by atoms with Crippen LogP contribution in [0.25, 0.3) is 0 Å². The second kappa shape index (κ2) is 6.70. The van der Waals surface area contributed by atoms with Crippen LogP contribution in [0.15, 0.2) is 21.2 Å². The first-order chi connectivity index (χ1) is 7.63. The summed E-state index contributed by atoms with van der Waals surface area (Å²) in [6.07, 6.45) is 1.43. The van der Waals surface area contributed by atoms with Crippen LogP contribution in [0.2, 0.25) is 0 Å². The number of carbonyl (C=O) groups is 1. The fourth-order valence-electron chi connectivity index (χ4n) is 1.37. The van der Waals surface area contributed by atoms with Crippen molar-refractivity contribution in [3.8, 4) is 0 Å². The molecule has 16 heavy (non-hydrogen) atoms. The van der Waals surface area contributed by atoms with E-state index >= 15 is 0 Å². The van der Waals surface area contributed by atoms with Gasteiger partial charge in [-0.2, -0.15) is 0 Å². The second-order valence-electron chi connectivity index (χ2n) is 3.66. The summed E-state index contributed by atoms with van der Waals surface area (Å²) in [7, 11) is 3.67. The molecule has 90 valence electrons. The zero-order valence-corrected chi connectivity index (χ0v) is 11.2. The topological polar surface area (TPSA) is 45.5 Å². The standard InChI is InChI=1S/C11H17BrN2O2/c1-13-7-3-4-11(15)14(2)8-9-5-6-10(12)16-9/h5-6,13H,3-4,7-8H2,1-2H3. The zero-order valence-electron chi connectivity index (χ0n) is 9.62. The highest BCUT2D eigenvalue weighted by atomic mass is 79.9. The Kier molecular flexibility index (Phi) is 5.55. The van der Waals surface area contributed by atoms with Crippen molar-refractivity contribution in [2.24, 2.45) is 0 Å². The molecule has 0 aliphatic rings.